The van der Waals surface area contributed by atoms with Crippen LogP contribution in [-0.4, -0.2) is 88.1 Å². The fourth-order valence-corrected chi connectivity index (χ4v) is 9.65. The van der Waals surface area contributed by atoms with Crippen LogP contribution in [0.25, 0.3) is 27.9 Å². The summed E-state index contributed by atoms with van der Waals surface area (Å²) in [6, 6.07) is 5.31. The SMILES string of the molecule is C=C[C@@H]1C[C@]1(NC(=O)[C@@H]1CC(Oc2nc3c4c(oc3c3ccccc23)C=CC(C)(Cl)C4)CN1C(=O)[C@H](CCCCCC)NC(=O)OC(C)(C)C)C(=O)NS(=O)(=O)C1CC1. The molecule has 6 atom stereocenters. The van der Waals surface area contributed by atoms with Crippen LogP contribution in [0.15, 0.2) is 47.4 Å². The molecule has 7 rings (SSSR count). The van der Waals surface area contributed by atoms with Crippen LogP contribution in [-0.2, 0) is 35.6 Å². The first-order chi connectivity index (χ1) is 27.8. The summed E-state index contributed by atoms with van der Waals surface area (Å²) in [4.78, 5) is 61.7. The Labute approximate surface area is 349 Å². The van der Waals surface area contributed by atoms with E-state index in [1.54, 1.807) is 20.8 Å². The Morgan fingerprint density at radius 3 is 2.53 bits per heavy atom. The van der Waals surface area contributed by atoms with Gasteiger partial charge in [0.25, 0.3) is 5.91 Å². The van der Waals surface area contributed by atoms with Gasteiger partial charge in [-0.1, -0.05) is 63.0 Å². The summed E-state index contributed by atoms with van der Waals surface area (Å²) < 4.78 is 46.3. The predicted molar refractivity (Wildman–Crippen MR) is 224 cm³/mol. The Kier molecular flexibility index (Phi) is 11.6. The number of likely N-dealkylation sites (tertiary alicyclic amines) is 1. The second-order valence-electron chi connectivity index (χ2n) is 17.6. The van der Waals surface area contributed by atoms with Crippen molar-refractivity contribution < 1.29 is 41.5 Å². The summed E-state index contributed by atoms with van der Waals surface area (Å²) in [6.07, 6.45) is 8.88. The zero-order chi connectivity index (χ0) is 42.5. The highest BCUT2D eigenvalue weighted by Crippen LogP contribution is 2.46. The number of carbonyl (C=O) groups excluding carboxylic acids is 4. The van der Waals surface area contributed by atoms with Gasteiger partial charge in [-0.25, -0.2) is 18.2 Å². The monoisotopic (exact) mass is 851 g/mol. The molecule has 1 saturated heterocycles. The van der Waals surface area contributed by atoms with Crippen LogP contribution in [0.1, 0.15) is 104 Å². The first-order valence-corrected chi connectivity index (χ1v) is 22.5. The molecule has 3 aromatic rings. The van der Waals surface area contributed by atoms with Crippen molar-refractivity contribution >= 4 is 73.4 Å². The standard InChI is InChI=1S/C43H54ClN5O9S/c1-7-9-10-11-16-31(45-40(53)58-41(3,4)5)38(51)49-24-26(21-32(49)36(50)47-43(22-25(43)8-2)39(52)48-59(54,55)27-17-18-27)56-37-29-15-13-12-14-28(29)35-34(46-37)30-23-42(6,44)20-19-33(30)57-35/h8,12-15,19-20,25-27,31-32H,2,7,9-11,16-18,21-24H2,1,3-6H3,(H,45,53)(H,47,50)(H,48,52)/t25-,26?,31+,32+,42?,43-/m1/s1. The molecule has 4 amide bonds. The van der Waals surface area contributed by atoms with Crippen LogP contribution in [0.5, 0.6) is 5.88 Å². The number of nitrogens with one attached hydrogen (secondary N) is 3. The number of halogens is 1. The first kappa shape index (κ1) is 42.5. The molecule has 3 fully saturated rings. The van der Waals surface area contributed by atoms with Crippen molar-refractivity contribution in [2.75, 3.05) is 6.54 Å². The van der Waals surface area contributed by atoms with Gasteiger partial charge >= 0.3 is 6.09 Å². The van der Waals surface area contributed by atoms with Gasteiger partial charge in [-0.3, -0.25) is 19.1 Å². The lowest BCUT2D eigenvalue weighted by molar-refractivity contribution is -0.141. The number of sulfonamides is 1. The topological polar surface area (TPSA) is 186 Å². The van der Waals surface area contributed by atoms with Gasteiger partial charge in [0.15, 0.2) is 5.58 Å². The van der Waals surface area contributed by atoms with Gasteiger partial charge in [0.1, 0.15) is 40.6 Å². The number of fused-ring (bicyclic) bond motifs is 5. The fraction of sp³-hybridized carbons (Fsp3) is 0.558. The Hall–Kier alpha value is -4.63. The number of ether oxygens (including phenoxy) is 2. The molecule has 3 N–H and O–H groups in total. The highest BCUT2D eigenvalue weighted by molar-refractivity contribution is 7.91. The maximum absolute atomic E-state index is 14.7. The van der Waals surface area contributed by atoms with Crippen LogP contribution in [0.3, 0.4) is 0 Å². The average molecular weight is 852 g/mol. The summed E-state index contributed by atoms with van der Waals surface area (Å²) in [5.41, 5.74) is -0.380. The first-order valence-electron chi connectivity index (χ1n) is 20.5. The van der Waals surface area contributed by atoms with E-state index < -0.39 is 79.2 Å². The number of rotatable bonds is 15. The molecule has 59 heavy (non-hydrogen) atoms. The molecule has 0 bridgehead atoms. The molecule has 2 saturated carbocycles. The fourth-order valence-electron chi connectivity index (χ4n) is 8.09. The number of alkyl halides is 1. The molecule has 3 aliphatic carbocycles. The molecular weight excluding hydrogens is 798 g/mol. The van der Waals surface area contributed by atoms with Gasteiger partial charge in [0.2, 0.25) is 27.7 Å². The lowest BCUT2D eigenvalue weighted by Crippen LogP contribution is -2.58. The second-order valence-corrected chi connectivity index (χ2v) is 20.4. The van der Waals surface area contributed by atoms with Crippen molar-refractivity contribution in [2.24, 2.45) is 5.92 Å². The number of furan rings is 1. The number of nitrogens with zero attached hydrogens (tertiary/aromatic N) is 2. The summed E-state index contributed by atoms with van der Waals surface area (Å²) in [6.45, 7) is 12.9. The molecule has 16 heteroatoms. The van der Waals surface area contributed by atoms with E-state index in [-0.39, 0.29) is 25.3 Å². The lowest BCUT2D eigenvalue weighted by Gasteiger charge is -2.30. The van der Waals surface area contributed by atoms with Crippen molar-refractivity contribution in [1.29, 1.82) is 0 Å². The van der Waals surface area contributed by atoms with Gasteiger partial charge in [-0.05, 0) is 65.5 Å². The Bertz CT molecular complexity index is 2310. The van der Waals surface area contributed by atoms with E-state index in [0.717, 1.165) is 30.2 Å². The van der Waals surface area contributed by atoms with E-state index in [1.165, 1.54) is 11.0 Å². The molecular formula is C43H54ClN5O9S. The smallest absolute Gasteiger partial charge is 0.408 e. The van der Waals surface area contributed by atoms with E-state index >= 15 is 0 Å². The highest BCUT2D eigenvalue weighted by atomic mass is 35.5. The van der Waals surface area contributed by atoms with E-state index in [1.807, 2.05) is 43.3 Å². The Morgan fingerprint density at radius 1 is 1.14 bits per heavy atom. The lowest BCUT2D eigenvalue weighted by atomic mass is 9.94. The average Bonchev–Trinajstić information content (AvgIpc) is 4.07. The van der Waals surface area contributed by atoms with Gasteiger partial charge in [0.05, 0.1) is 16.7 Å². The van der Waals surface area contributed by atoms with Crippen LogP contribution in [0, 0.1) is 5.92 Å². The molecule has 318 valence electrons. The number of carbonyl (C=O) groups is 4. The highest BCUT2D eigenvalue weighted by Gasteiger charge is 2.62. The third-order valence-corrected chi connectivity index (χ3v) is 13.5. The zero-order valence-corrected chi connectivity index (χ0v) is 35.8. The Morgan fingerprint density at radius 2 is 1.86 bits per heavy atom. The number of allylic oxidation sites excluding steroid dienone is 1. The quantitative estimate of drug-likeness (QED) is 0.0875. The number of hydrogen-bond donors (Lipinski definition) is 3. The molecule has 14 nitrogen and oxygen atoms in total. The second kappa shape index (κ2) is 16.1. The molecule has 1 aromatic carbocycles. The number of alkyl carbamates (subject to hydrolysis) is 1. The largest absolute Gasteiger partial charge is 0.472 e. The zero-order valence-electron chi connectivity index (χ0n) is 34.3. The van der Waals surface area contributed by atoms with E-state index in [2.05, 4.69) is 28.9 Å². The van der Waals surface area contributed by atoms with Crippen LogP contribution >= 0.6 is 11.6 Å². The third kappa shape index (κ3) is 9.11. The van der Waals surface area contributed by atoms with Gasteiger partial charge in [-0.2, -0.15) is 0 Å². The maximum Gasteiger partial charge on any atom is 0.408 e. The number of aromatic nitrogens is 1. The van der Waals surface area contributed by atoms with Crippen molar-refractivity contribution in [3.05, 3.63) is 54.3 Å². The normalized spacial score (nSPS) is 25.6. The van der Waals surface area contributed by atoms with Crippen molar-refractivity contribution in [2.45, 2.75) is 138 Å². The molecule has 2 unspecified atom stereocenters. The maximum atomic E-state index is 14.7. The van der Waals surface area contributed by atoms with Crippen LogP contribution in [0.4, 0.5) is 4.79 Å². The minimum Gasteiger partial charge on any atom is -0.472 e. The van der Waals surface area contributed by atoms with Crippen molar-refractivity contribution in [1.82, 2.24) is 25.2 Å². The van der Waals surface area contributed by atoms with E-state index in [0.29, 0.717) is 54.4 Å². The minimum atomic E-state index is -3.92. The molecule has 0 spiro atoms. The predicted octanol–water partition coefficient (Wildman–Crippen LogP) is 6.43. The van der Waals surface area contributed by atoms with Gasteiger partial charge in [0, 0.05) is 35.1 Å². The number of unbranched alkanes of at least 4 members (excludes halogenated alkanes) is 3. The number of pyridine rings is 1. The summed E-state index contributed by atoms with van der Waals surface area (Å²) in [5, 5.41) is 6.36. The number of benzene rings is 1. The summed E-state index contributed by atoms with van der Waals surface area (Å²) in [5.74, 6) is -1.63. The van der Waals surface area contributed by atoms with E-state index in [9.17, 15) is 27.6 Å². The Balaban J connectivity index is 1.21. The number of amides is 4. The molecule has 4 aliphatic rings. The van der Waals surface area contributed by atoms with Crippen LogP contribution in [0.2, 0.25) is 0 Å². The van der Waals surface area contributed by atoms with Gasteiger partial charge in [-0.15, -0.1) is 18.2 Å². The number of hydrogen-bond acceptors (Lipinski definition) is 10. The van der Waals surface area contributed by atoms with Gasteiger partial charge < -0.3 is 29.4 Å². The molecule has 3 heterocycles. The summed E-state index contributed by atoms with van der Waals surface area (Å²) >= 11 is 6.76. The third-order valence-electron chi connectivity index (χ3n) is 11.4. The minimum absolute atomic E-state index is 0.00339. The summed E-state index contributed by atoms with van der Waals surface area (Å²) in [7, 11) is -3.92. The van der Waals surface area contributed by atoms with Crippen LogP contribution < -0.4 is 20.1 Å². The van der Waals surface area contributed by atoms with E-state index in [4.69, 9.17) is 30.5 Å². The molecule has 0 radical (unpaired) electrons. The molecule has 2 aromatic heterocycles. The molecule has 1 aliphatic heterocycles. The van der Waals surface area contributed by atoms with Crippen molar-refractivity contribution in [3.8, 4) is 5.88 Å². The van der Waals surface area contributed by atoms with Crippen molar-refractivity contribution in [3.63, 3.8) is 0 Å².